The lowest BCUT2D eigenvalue weighted by molar-refractivity contribution is -0.121. The number of thiazole rings is 1. The van der Waals surface area contributed by atoms with E-state index in [9.17, 15) is 9.59 Å². The van der Waals surface area contributed by atoms with Crippen molar-refractivity contribution in [2.24, 2.45) is 11.8 Å². The van der Waals surface area contributed by atoms with Crippen LogP contribution in [-0.4, -0.2) is 34.8 Å². The number of furan rings is 1. The third-order valence-corrected chi connectivity index (χ3v) is 6.30. The maximum Gasteiger partial charge on any atom is 0.257 e. The van der Waals surface area contributed by atoms with Crippen LogP contribution in [0.2, 0.25) is 0 Å². The third kappa shape index (κ3) is 3.53. The van der Waals surface area contributed by atoms with Gasteiger partial charge in [-0.05, 0) is 44.1 Å². The molecule has 1 saturated heterocycles. The molecule has 6 nitrogen and oxygen atoms in total. The van der Waals surface area contributed by atoms with Crippen LogP contribution in [0.1, 0.15) is 47.1 Å². The number of fused-ring (bicyclic) bond motifs is 1. The molecule has 1 aliphatic carbocycles. The van der Waals surface area contributed by atoms with Crippen LogP contribution in [0.4, 0.5) is 5.13 Å². The van der Waals surface area contributed by atoms with E-state index >= 15 is 0 Å². The summed E-state index contributed by atoms with van der Waals surface area (Å²) < 4.78 is 4.99. The third-order valence-electron chi connectivity index (χ3n) is 5.26. The molecule has 1 N–H and O–H groups in total. The van der Waals surface area contributed by atoms with Crippen molar-refractivity contribution in [2.45, 2.75) is 39.0 Å². The van der Waals surface area contributed by atoms with E-state index in [1.165, 1.54) is 17.4 Å². The Balaban J connectivity index is 1.39. The molecule has 2 aromatic rings. The van der Waals surface area contributed by atoms with Crippen molar-refractivity contribution in [1.29, 1.82) is 0 Å². The van der Waals surface area contributed by atoms with Gasteiger partial charge in [-0.25, -0.2) is 4.98 Å². The van der Waals surface area contributed by atoms with Gasteiger partial charge >= 0.3 is 0 Å². The number of nitrogens with zero attached hydrogens (tertiary/aromatic N) is 2. The first-order valence-corrected chi connectivity index (χ1v) is 10.0. The van der Waals surface area contributed by atoms with Crippen LogP contribution < -0.4 is 5.32 Å². The lowest BCUT2D eigenvalue weighted by Crippen LogP contribution is -2.43. The zero-order valence-electron chi connectivity index (χ0n) is 14.9. The summed E-state index contributed by atoms with van der Waals surface area (Å²) in [5, 5.41) is 3.69. The van der Waals surface area contributed by atoms with Crippen molar-refractivity contribution in [3.8, 4) is 0 Å². The monoisotopic (exact) mass is 373 g/mol. The van der Waals surface area contributed by atoms with Crippen molar-refractivity contribution in [3.63, 3.8) is 0 Å². The van der Waals surface area contributed by atoms with Gasteiger partial charge in [-0.1, -0.05) is 6.92 Å². The second-order valence-corrected chi connectivity index (χ2v) is 8.41. The average Bonchev–Trinajstić information content (AvgIpc) is 3.30. The zero-order chi connectivity index (χ0) is 18.1. The van der Waals surface area contributed by atoms with E-state index < -0.39 is 0 Å². The van der Waals surface area contributed by atoms with Gasteiger partial charge in [0.25, 0.3) is 5.91 Å². The summed E-state index contributed by atoms with van der Waals surface area (Å²) in [4.78, 5) is 32.8. The molecule has 1 fully saturated rings. The van der Waals surface area contributed by atoms with E-state index in [1.54, 1.807) is 22.3 Å². The van der Waals surface area contributed by atoms with Crippen LogP contribution in [0.15, 0.2) is 23.0 Å². The summed E-state index contributed by atoms with van der Waals surface area (Å²) in [5.41, 5.74) is 1.68. The van der Waals surface area contributed by atoms with Gasteiger partial charge in [-0.2, -0.15) is 0 Å². The molecule has 138 valence electrons. The van der Waals surface area contributed by atoms with E-state index in [0.29, 0.717) is 29.7 Å². The number of rotatable bonds is 3. The van der Waals surface area contributed by atoms with Gasteiger partial charge < -0.3 is 14.6 Å². The van der Waals surface area contributed by atoms with Crippen molar-refractivity contribution >= 4 is 28.3 Å². The van der Waals surface area contributed by atoms with Gasteiger partial charge in [-0.15, -0.1) is 11.3 Å². The number of carbonyl (C=O) groups excluding carboxylic acids is 2. The number of hydrogen-bond donors (Lipinski definition) is 1. The molecule has 1 aliphatic heterocycles. The maximum absolute atomic E-state index is 12.7. The van der Waals surface area contributed by atoms with E-state index in [0.717, 1.165) is 37.8 Å². The Labute approximate surface area is 156 Å². The molecule has 0 spiro atoms. The van der Waals surface area contributed by atoms with E-state index in [-0.39, 0.29) is 17.7 Å². The van der Waals surface area contributed by atoms with Gasteiger partial charge in [0.15, 0.2) is 5.13 Å². The summed E-state index contributed by atoms with van der Waals surface area (Å²) in [6.07, 6.45) is 7.78. The molecule has 0 aromatic carbocycles. The smallest absolute Gasteiger partial charge is 0.257 e. The lowest BCUT2D eigenvalue weighted by atomic mass is 9.93. The Kier molecular flexibility index (Phi) is 4.80. The highest BCUT2D eigenvalue weighted by Gasteiger charge is 2.30. The molecule has 4 rings (SSSR count). The zero-order valence-corrected chi connectivity index (χ0v) is 15.7. The molecule has 2 atom stereocenters. The van der Waals surface area contributed by atoms with Gasteiger partial charge in [-0.3, -0.25) is 9.59 Å². The minimum atomic E-state index is -0.195. The first-order chi connectivity index (χ1) is 12.6. The number of likely N-dealkylation sites (tertiary alicyclic amines) is 1. The fourth-order valence-corrected chi connectivity index (χ4v) is 4.92. The predicted molar refractivity (Wildman–Crippen MR) is 99.3 cm³/mol. The Morgan fingerprint density at radius 1 is 1.38 bits per heavy atom. The van der Waals surface area contributed by atoms with Crippen LogP contribution in [0.5, 0.6) is 0 Å². The molecular weight excluding hydrogens is 350 g/mol. The molecule has 2 aromatic heterocycles. The van der Waals surface area contributed by atoms with Crippen LogP contribution in [0.25, 0.3) is 0 Å². The number of anilines is 1. The highest BCUT2D eigenvalue weighted by molar-refractivity contribution is 7.15. The van der Waals surface area contributed by atoms with Crippen molar-refractivity contribution in [3.05, 3.63) is 34.7 Å². The number of nitrogens with one attached hydrogen (secondary N) is 1. The summed E-state index contributed by atoms with van der Waals surface area (Å²) in [7, 11) is 0. The molecule has 7 heteroatoms. The quantitative estimate of drug-likeness (QED) is 0.895. The topological polar surface area (TPSA) is 75.4 Å². The second kappa shape index (κ2) is 7.23. The summed E-state index contributed by atoms with van der Waals surface area (Å²) >= 11 is 1.60. The molecule has 3 heterocycles. The van der Waals surface area contributed by atoms with Gasteiger partial charge in [0.2, 0.25) is 5.91 Å². The highest BCUT2D eigenvalue weighted by atomic mass is 32.1. The Bertz CT molecular complexity index is 799. The number of amides is 2. The summed E-state index contributed by atoms with van der Waals surface area (Å²) in [6, 6.07) is 1.66. The molecular formula is C19H23N3O3S. The molecule has 2 aliphatic rings. The van der Waals surface area contributed by atoms with Gasteiger partial charge in [0.05, 0.1) is 23.4 Å². The van der Waals surface area contributed by atoms with Crippen LogP contribution >= 0.6 is 11.3 Å². The average molecular weight is 373 g/mol. The number of hydrogen-bond acceptors (Lipinski definition) is 5. The number of carbonyl (C=O) groups is 2. The fraction of sp³-hybridized carbons (Fsp3) is 0.526. The number of aromatic nitrogens is 1. The molecule has 0 radical (unpaired) electrons. The van der Waals surface area contributed by atoms with E-state index in [2.05, 4.69) is 17.2 Å². The number of aryl methyl sites for hydroxylation is 1. The first kappa shape index (κ1) is 17.3. The van der Waals surface area contributed by atoms with Crippen LogP contribution in [0.3, 0.4) is 0 Å². The van der Waals surface area contributed by atoms with Gasteiger partial charge in [0.1, 0.15) is 6.26 Å². The molecule has 0 saturated carbocycles. The predicted octanol–water partition coefficient (Wildman–Crippen LogP) is 3.35. The standard InChI is InChI=1S/C19H23N3O3S/c1-12-4-5-15-16(9-12)26-19(20-15)21-17(23)13-3-2-7-22(10-13)18(24)14-6-8-25-11-14/h6,8,11-13H,2-5,7,9-10H2,1H3,(H,20,21,23)/t12-,13+/m1/s1. The largest absolute Gasteiger partial charge is 0.472 e. The minimum absolute atomic E-state index is 0.0335. The number of piperidine rings is 1. The molecule has 2 amide bonds. The van der Waals surface area contributed by atoms with E-state index in [4.69, 9.17) is 4.42 Å². The Morgan fingerprint density at radius 3 is 3.08 bits per heavy atom. The molecule has 0 unspecified atom stereocenters. The normalized spacial score (nSPS) is 22.7. The van der Waals surface area contributed by atoms with E-state index in [1.807, 2.05) is 0 Å². The van der Waals surface area contributed by atoms with Crippen LogP contribution in [0, 0.1) is 11.8 Å². The maximum atomic E-state index is 12.7. The SMILES string of the molecule is C[C@@H]1CCc2nc(NC(=O)[C@H]3CCCN(C(=O)c4ccoc4)C3)sc2C1. The van der Waals surface area contributed by atoms with Crippen molar-refractivity contribution < 1.29 is 14.0 Å². The Hall–Kier alpha value is -2.15. The van der Waals surface area contributed by atoms with Gasteiger partial charge in [0, 0.05) is 18.0 Å². The van der Waals surface area contributed by atoms with Crippen molar-refractivity contribution in [2.75, 3.05) is 18.4 Å². The Morgan fingerprint density at radius 2 is 2.27 bits per heavy atom. The fourth-order valence-electron chi connectivity index (χ4n) is 3.75. The molecule has 26 heavy (non-hydrogen) atoms. The lowest BCUT2D eigenvalue weighted by Gasteiger charge is -2.31. The highest BCUT2D eigenvalue weighted by Crippen LogP contribution is 2.32. The van der Waals surface area contributed by atoms with Crippen LogP contribution in [-0.2, 0) is 17.6 Å². The second-order valence-electron chi connectivity index (χ2n) is 7.33. The summed E-state index contributed by atoms with van der Waals surface area (Å²) in [5.74, 6) is 0.385. The van der Waals surface area contributed by atoms with Crippen molar-refractivity contribution in [1.82, 2.24) is 9.88 Å². The first-order valence-electron chi connectivity index (χ1n) is 9.21. The minimum Gasteiger partial charge on any atom is -0.472 e. The molecule has 0 bridgehead atoms. The summed E-state index contributed by atoms with van der Waals surface area (Å²) in [6.45, 7) is 3.38.